The Kier molecular flexibility index (Phi) is 5.73. The molecule has 5 rings (SSSR count). The molecule has 0 spiro atoms. The molecule has 1 aliphatic heterocycles. The summed E-state index contributed by atoms with van der Waals surface area (Å²) >= 11 is 0. The van der Waals surface area contributed by atoms with Crippen LogP contribution in [-0.4, -0.2) is 51.8 Å². The first-order chi connectivity index (χ1) is 15.2. The van der Waals surface area contributed by atoms with Crippen molar-refractivity contribution < 1.29 is 9.47 Å². The summed E-state index contributed by atoms with van der Waals surface area (Å²) in [5.74, 6) is 2.59. The number of ether oxygens (including phenoxy) is 2. The van der Waals surface area contributed by atoms with E-state index < -0.39 is 0 Å². The molecule has 1 saturated heterocycles. The molecule has 3 aromatic carbocycles. The van der Waals surface area contributed by atoms with Crippen LogP contribution in [0.3, 0.4) is 0 Å². The lowest BCUT2D eigenvalue weighted by Crippen LogP contribution is -2.46. The molecule has 162 valence electrons. The van der Waals surface area contributed by atoms with Crippen LogP contribution >= 0.6 is 0 Å². The number of piperazine rings is 1. The number of benzene rings is 3. The molecule has 0 saturated carbocycles. The zero-order valence-corrected chi connectivity index (χ0v) is 18.6. The number of rotatable bonds is 6. The van der Waals surface area contributed by atoms with Crippen LogP contribution in [0.15, 0.2) is 54.6 Å². The fourth-order valence-electron chi connectivity index (χ4n) is 5.28. The van der Waals surface area contributed by atoms with Crippen molar-refractivity contribution in [3.8, 4) is 11.5 Å². The molecule has 1 aliphatic carbocycles. The van der Waals surface area contributed by atoms with Crippen molar-refractivity contribution in [1.82, 2.24) is 4.90 Å². The lowest BCUT2D eigenvalue weighted by Gasteiger charge is -2.37. The van der Waals surface area contributed by atoms with Gasteiger partial charge in [0, 0.05) is 37.3 Å². The third-order valence-corrected chi connectivity index (χ3v) is 7.13. The van der Waals surface area contributed by atoms with E-state index in [1.807, 2.05) is 6.07 Å². The molecule has 1 heterocycles. The van der Waals surface area contributed by atoms with Gasteiger partial charge in [-0.3, -0.25) is 4.90 Å². The van der Waals surface area contributed by atoms with Crippen molar-refractivity contribution in [2.24, 2.45) is 0 Å². The molecule has 1 unspecified atom stereocenters. The van der Waals surface area contributed by atoms with Gasteiger partial charge in [-0.2, -0.15) is 0 Å². The number of anilines is 1. The fraction of sp³-hybridized carbons (Fsp3) is 0.407. The molecule has 0 radical (unpaired) electrons. The fourth-order valence-corrected chi connectivity index (χ4v) is 5.28. The molecule has 2 aliphatic rings. The largest absolute Gasteiger partial charge is 0.497 e. The molecule has 0 amide bonds. The van der Waals surface area contributed by atoms with Crippen molar-refractivity contribution in [3.05, 3.63) is 65.7 Å². The minimum Gasteiger partial charge on any atom is -0.497 e. The van der Waals surface area contributed by atoms with E-state index in [1.54, 1.807) is 14.2 Å². The highest BCUT2D eigenvalue weighted by atomic mass is 16.5. The van der Waals surface area contributed by atoms with Gasteiger partial charge >= 0.3 is 0 Å². The summed E-state index contributed by atoms with van der Waals surface area (Å²) in [4.78, 5) is 5.17. The lowest BCUT2D eigenvalue weighted by molar-refractivity contribution is 0.248. The second-order valence-electron chi connectivity index (χ2n) is 8.78. The first kappa shape index (κ1) is 20.2. The lowest BCUT2D eigenvalue weighted by atomic mass is 9.97. The molecular formula is C27H32N2O2. The molecular weight excluding hydrogens is 384 g/mol. The monoisotopic (exact) mass is 416 g/mol. The van der Waals surface area contributed by atoms with Gasteiger partial charge in [0.2, 0.25) is 0 Å². The van der Waals surface area contributed by atoms with Crippen molar-refractivity contribution in [1.29, 1.82) is 0 Å². The van der Waals surface area contributed by atoms with Crippen LogP contribution in [0.25, 0.3) is 10.8 Å². The highest BCUT2D eigenvalue weighted by Crippen LogP contribution is 2.38. The minimum absolute atomic E-state index is 0.675. The van der Waals surface area contributed by atoms with Gasteiger partial charge in [0.05, 0.1) is 14.2 Å². The van der Waals surface area contributed by atoms with Gasteiger partial charge in [-0.25, -0.2) is 0 Å². The molecule has 4 nitrogen and oxygen atoms in total. The normalized spacial score (nSPS) is 18.9. The first-order valence-corrected chi connectivity index (χ1v) is 11.5. The molecule has 0 N–H and O–H groups in total. The van der Waals surface area contributed by atoms with Crippen LogP contribution in [0.5, 0.6) is 11.5 Å². The Morgan fingerprint density at radius 2 is 1.65 bits per heavy atom. The van der Waals surface area contributed by atoms with E-state index in [-0.39, 0.29) is 0 Å². The Labute approximate surface area is 185 Å². The van der Waals surface area contributed by atoms with E-state index in [0.29, 0.717) is 5.92 Å². The minimum atomic E-state index is 0.675. The van der Waals surface area contributed by atoms with E-state index >= 15 is 0 Å². The van der Waals surface area contributed by atoms with Gasteiger partial charge in [-0.15, -0.1) is 0 Å². The van der Waals surface area contributed by atoms with Crippen LogP contribution in [0.1, 0.15) is 29.9 Å². The Morgan fingerprint density at radius 1 is 0.871 bits per heavy atom. The van der Waals surface area contributed by atoms with Gasteiger partial charge in [0.25, 0.3) is 0 Å². The van der Waals surface area contributed by atoms with Gasteiger partial charge < -0.3 is 14.4 Å². The van der Waals surface area contributed by atoms with Crippen molar-refractivity contribution in [2.45, 2.75) is 25.2 Å². The number of methoxy groups -OCH3 is 2. The molecule has 31 heavy (non-hydrogen) atoms. The quantitative estimate of drug-likeness (QED) is 0.558. The summed E-state index contributed by atoms with van der Waals surface area (Å²) < 4.78 is 10.9. The van der Waals surface area contributed by atoms with Gasteiger partial charge in [-0.05, 0) is 78.6 Å². The Morgan fingerprint density at radius 3 is 2.45 bits per heavy atom. The zero-order valence-electron chi connectivity index (χ0n) is 18.6. The second-order valence-corrected chi connectivity index (χ2v) is 8.78. The maximum absolute atomic E-state index is 5.47. The van der Waals surface area contributed by atoms with Crippen LogP contribution < -0.4 is 14.4 Å². The molecule has 3 aromatic rings. The summed E-state index contributed by atoms with van der Waals surface area (Å²) in [6, 6.07) is 19.6. The molecule has 0 bridgehead atoms. The standard InChI is InChI=1S/C27H32N2O2/c1-30-23-11-9-21-6-7-22(25(21)18-23)12-13-28-14-16-29(17-15-28)27-5-3-4-20-8-10-24(31-2)19-26(20)27/h3-5,8-11,18-19,22H,6-7,12-17H2,1-2H3. The van der Waals surface area contributed by atoms with E-state index in [9.17, 15) is 0 Å². The third-order valence-electron chi connectivity index (χ3n) is 7.13. The van der Waals surface area contributed by atoms with Crippen LogP contribution in [0.4, 0.5) is 5.69 Å². The van der Waals surface area contributed by atoms with Crippen LogP contribution in [-0.2, 0) is 6.42 Å². The van der Waals surface area contributed by atoms with Crippen LogP contribution in [0, 0.1) is 0 Å². The zero-order chi connectivity index (χ0) is 21.2. The van der Waals surface area contributed by atoms with Crippen molar-refractivity contribution in [3.63, 3.8) is 0 Å². The summed E-state index contributed by atoms with van der Waals surface area (Å²) in [5.41, 5.74) is 4.36. The highest BCUT2D eigenvalue weighted by Gasteiger charge is 2.25. The Bertz CT molecular complexity index is 1060. The van der Waals surface area contributed by atoms with E-state index in [1.165, 1.54) is 53.4 Å². The molecule has 1 atom stereocenters. The predicted molar refractivity (Wildman–Crippen MR) is 128 cm³/mol. The molecule has 1 fully saturated rings. The Balaban J connectivity index is 1.21. The number of hydrogen-bond donors (Lipinski definition) is 0. The predicted octanol–water partition coefficient (Wildman–Crippen LogP) is 5.10. The maximum Gasteiger partial charge on any atom is 0.119 e. The topological polar surface area (TPSA) is 24.9 Å². The average molecular weight is 417 g/mol. The summed E-state index contributed by atoms with van der Waals surface area (Å²) in [6.07, 6.45) is 3.73. The average Bonchev–Trinajstić information content (AvgIpc) is 3.24. The number of hydrogen-bond acceptors (Lipinski definition) is 4. The molecule has 0 aromatic heterocycles. The number of nitrogens with zero attached hydrogens (tertiary/aromatic N) is 2. The van der Waals surface area contributed by atoms with E-state index in [0.717, 1.165) is 37.7 Å². The SMILES string of the molecule is COc1ccc2c(c1)C(CCN1CCN(c3cccc4ccc(OC)cc34)CC1)CC2. The third kappa shape index (κ3) is 4.09. The summed E-state index contributed by atoms with van der Waals surface area (Å²) in [5, 5.41) is 2.56. The van der Waals surface area contributed by atoms with E-state index in [2.05, 4.69) is 58.3 Å². The number of fused-ring (bicyclic) bond motifs is 2. The van der Waals surface area contributed by atoms with Crippen LogP contribution in [0.2, 0.25) is 0 Å². The summed E-state index contributed by atoms with van der Waals surface area (Å²) in [7, 11) is 3.50. The smallest absolute Gasteiger partial charge is 0.119 e. The Hall–Kier alpha value is -2.72. The number of aryl methyl sites for hydroxylation is 1. The maximum atomic E-state index is 5.47. The second kappa shape index (κ2) is 8.80. The van der Waals surface area contributed by atoms with Crippen molar-refractivity contribution in [2.75, 3.05) is 51.8 Å². The molecule has 4 heteroatoms. The van der Waals surface area contributed by atoms with Gasteiger partial charge in [-0.1, -0.05) is 24.3 Å². The first-order valence-electron chi connectivity index (χ1n) is 11.5. The van der Waals surface area contributed by atoms with Crippen molar-refractivity contribution >= 4 is 16.5 Å². The van der Waals surface area contributed by atoms with Gasteiger partial charge in [0.1, 0.15) is 11.5 Å². The summed E-state index contributed by atoms with van der Waals surface area (Å²) in [6.45, 7) is 5.57. The van der Waals surface area contributed by atoms with Gasteiger partial charge in [0.15, 0.2) is 0 Å². The highest BCUT2D eigenvalue weighted by molar-refractivity contribution is 5.95. The van der Waals surface area contributed by atoms with E-state index in [4.69, 9.17) is 9.47 Å².